The second-order valence-electron chi connectivity index (χ2n) is 9.08. The van der Waals surface area contributed by atoms with Gasteiger partial charge in [-0.2, -0.15) is 0 Å². The van der Waals surface area contributed by atoms with Crippen LogP contribution in [0.15, 0.2) is 65.6 Å². The summed E-state index contributed by atoms with van der Waals surface area (Å²) in [5.41, 5.74) is 3.69. The van der Waals surface area contributed by atoms with Crippen LogP contribution in [0, 0.1) is 0 Å². The minimum Gasteiger partial charge on any atom is -0.502 e. The van der Waals surface area contributed by atoms with E-state index in [1.165, 1.54) is 28.3 Å². The molecule has 1 amide bonds. The zero-order chi connectivity index (χ0) is 24.7. The molecule has 2 aromatic carbocycles. The molecule has 3 aromatic rings. The van der Waals surface area contributed by atoms with E-state index in [4.69, 9.17) is 4.74 Å². The van der Waals surface area contributed by atoms with Crippen molar-refractivity contribution in [3.63, 3.8) is 0 Å². The average Bonchev–Trinajstić information content (AvgIpc) is 3.03. The highest BCUT2D eigenvalue weighted by Gasteiger charge is 2.45. The van der Waals surface area contributed by atoms with Gasteiger partial charge in [0.25, 0.3) is 5.91 Å². The molecule has 2 unspecified atom stereocenters. The van der Waals surface area contributed by atoms with E-state index in [0.29, 0.717) is 0 Å². The van der Waals surface area contributed by atoms with E-state index in [-0.39, 0.29) is 24.9 Å². The number of carbonyl (C=O) groups is 1. The molecule has 8 nitrogen and oxygen atoms in total. The third-order valence-corrected chi connectivity index (χ3v) is 7.04. The van der Waals surface area contributed by atoms with Crippen molar-refractivity contribution in [2.75, 3.05) is 25.3 Å². The summed E-state index contributed by atoms with van der Waals surface area (Å²) in [6.07, 6.45) is 2.44. The normalized spacial score (nSPS) is 18.5. The van der Waals surface area contributed by atoms with E-state index >= 15 is 0 Å². The molecule has 2 aliphatic rings. The smallest absolute Gasteiger partial charge is 0.278 e. The number of aliphatic hydroxyl groups is 1. The molecule has 1 aromatic heterocycles. The van der Waals surface area contributed by atoms with Gasteiger partial charge in [0.05, 0.1) is 25.3 Å². The Hall–Kier alpha value is -3.62. The second kappa shape index (κ2) is 9.20. The number of benzene rings is 2. The molecule has 1 aliphatic heterocycles. The standard InChI is InChI=1S/C27H29N3O5/c1-17(16-35-2)29-23(15-31)30(28-14-13-22(32)26(33)25(28)27(29)34)24-20-9-5-3-7-18(20)11-12-19-8-4-6-10-21(19)24/h3-10,13-14,17,23-24,31,33H,11-12,15-16H2,1-2H3. The molecule has 2 N–H and O–H groups in total. The lowest BCUT2D eigenvalue weighted by molar-refractivity contribution is 0.0146. The van der Waals surface area contributed by atoms with E-state index in [1.54, 1.807) is 11.8 Å². The highest BCUT2D eigenvalue weighted by atomic mass is 16.5. The first-order valence-electron chi connectivity index (χ1n) is 11.8. The van der Waals surface area contributed by atoms with Crippen LogP contribution in [0.1, 0.15) is 45.7 Å². The summed E-state index contributed by atoms with van der Waals surface area (Å²) in [5, 5.41) is 23.4. The Kier molecular flexibility index (Phi) is 6.08. The predicted molar refractivity (Wildman–Crippen MR) is 131 cm³/mol. The molecule has 0 saturated carbocycles. The van der Waals surface area contributed by atoms with Crippen LogP contribution in [0.3, 0.4) is 0 Å². The Labute approximate surface area is 203 Å². The average molecular weight is 476 g/mol. The predicted octanol–water partition coefficient (Wildman–Crippen LogP) is 2.19. The molecule has 182 valence electrons. The molecule has 0 spiro atoms. The molecule has 0 saturated heterocycles. The number of nitrogens with zero attached hydrogens (tertiary/aromatic N) is 3. The van der Waals surface area contributed by atoms with Crippen LogP contribution < -0.4 is 10.4 Å². The number of aromatic nitrogens is 1. The maximum Gasteiger partial charge on any atom is 0.278 e. The molecule has 35 heavy (non-hydrogen) atoms. The van der Waals surface area contributed by atoms with Gasteiger partial charge in [0.2, 0.25) is 5.43 Å². The molecule has 2 atom stereocenters. The monoisotopic (exact) mass is 475 g/mol. The SMILES string of the molecule is COCC(C)N1C(=O)c2c(O)c(=O)ccn2N(C2c3ccccc3CCc3ccccc32)C1CO. The largest absolute Gasteiger partial charge is 0.502 e. The van der Waals surface area contributed by atoms with Crippen molar-refractivity contribution >= 4 is 5.91 Å². The van der Waals surface area contributed by atoms with Gasteiger partial charge in [-0.3, -0.25) is 19.3 Å². The fourth-order valence-electron chi connectivity index (χ4n) is 5.50. The van der Waals surface area contributed by atoms with E-state index in [2.05, 4.69) is 24.3 Å². The zero-order valence-electron chi connectivity index (χ0n) is 19.8. The maximum absolute atomic E-state index is 13.7. The van der Waals surface area contributed by atoms with Crippen LogP contribution in [-0.4, -0.2) is 58.2 Å². The number of rotatable bonds is 5. The molecule has 8 heteroatoms. The van der Waals surface area contributed by atoms with Crippen LogP contribution >= 0.6 is 0 Å². The third-order valence-electron chi connectivity index (χ3n) is 7.04. The van der Waals surface area contributed by atoms with Crippen molar-refractivity contribution in [1.82, 2.24) is 9.58 Å². The van der Waals surface area contributed by atoms with Crippen molar-refractivity contribution in [1.29, 1.82) is 0 Å². The molecule has 0 bridgehead atoms. The summed E-state index contributed by atoms with van der Waals surface area (Å²) in [4.78, 5) is 27.6. The van der Waals surface area contributed by atoms with E-state index in [9.17, 15) is 19.8 Å². The Morgan fingerprint density at radius 3 is 2.17 bits per heavy atom. The molecule has 1 aliphatic carbocycles. The summed E-state index contributed by atoms with van der Waals surface area (Å²) in [5.74, 6) is -1.14. The Bertz CT molecular complexity index is 1270. The minimum atomic E-state index is -0.772. The number of aromatic hydroxyl groups is 1. The molecular formula is C27H29N3O5. The van der Waals surface area contributed by atoms with E-state index < -0.39 is 29.3 Å². The number of amides is 1. The topological polar surface area (TPSA) is 95.2 Å². The Morgan fingerprint density at radius 1 is 1.00 bits per heavy atom. The van der Waals surface area contributed by atoms with Gasteiger partial charge in [0, 0.05) is 19.4 Å². The van der Waals surface area contributed by atoms with Crippen LogP contribution in [0.2, 0.25) is 0 Å². The lowest BCUT2D eigenvalue weighted by Gasteiger charge is -2.51. The molecule has 2 heterocycles. The molecule has 0 radical (unpaired) electrons. The highest BCUT2D eigenvalue weighted by Crippen LogP contribution is 2.40. The first kappa shape index (κ1) is 23.1. The first-order chi connectivity index (χ1) is 17.0. The van der Waals surface area contributed by atoms with Crippen molar-refractivity contribution in [2.24, 2.45) is 0 Å². The van der Waals surface area contributed by atoms with Crippen LogP contribution in [-0.2, 0) is 17.6 Å². The summed E-state index contributed by atoms with van der Waals surface area (Å²) in [6.45, 7) is 1.70. The van der Waals surface area contributed by atoms with Gasteiger partial charge in [-0.25, -0.2) is 0 Å². The maximum atomic E-state index is 13.7. The number of aryl methyl sites for hydroxylation is 2. The quantitative estimate of drug-likeness (QED) is 0.588. The molecular weight excluding hydrogens is 446 g/mol. The highest BCUT2D eigenvalue weighted by molar-refractivity contribution is 5.96. The van der Waals surface area contributed by atoms with Crippen LogP contribution in [0.5, 0.6) is 5.75 Å². The van der Waals surface area contributed by atoms with Gasteiger partial charge >= 0.3 is 0 Å². The van der Waals surface area contributed by atoms with Crippen LogP contribution in [0.4, 0.5) is 0 Å². The zero-order valence-corrected chi connectivity index (χ0v) is 19.8. The van der Waals surface area contributed by atoms with Gasteiger partial charge in [-0.1, -0.05) is 48.5 Å². The van der Waals surface area contributed by atoms with Gasteiger partial charge in [0.15, 0.2) is 11.4 Å². The number of ether oxygens (including phenoxy) is 1. The van der Waals surface area contributed by atoms with Crippen molar-refractivity contribution in [3.8, 4) is 5.75 Å². The number of hydrogen-bond donors (Lipinski definition) is 2. The van der Waals surface area contributed by atoms with Gasteiger partial charge in [0.1, 0.15) is 6.17 Å². The number of carbonyl (C=O) groups excluding carboxylic acids is 1. The number of methoxy groups -OCH3 is 1. The van der Waals surface area contributed by atoms with Crippen molar-refractivity contribution < 1.29 is 19.7 Å². The van der Waals surface area contributed by atoms with Crippen molar-refractivity contribution in [2.45, 2.75) is 38.0 Å². The lowest BCUT2D eigenvalue weighted by Crippen LogP contribution is -2.66. The van der Waals surface area contributed by atoms with Crippen LogP contribution in [0.25, 0.3) is 0 Å². The molecule has 0 fully saturated rings. The van der Waals surface area contributed by atoms with Gasteiger partial charge in [-0.05, 0) is 42.0 Å². The first-order valence-corrected chi connectivity index (χ1v) is 11.8. The fourth-order valence-corrected chi connectivity index (χ4v) is 5.50. The Balaban J connectivity index is 1.82. The number of hydrogen-bond acceptors (Lipinski definition) is 6. The molecule has 5 rings (SSSR count). The summed E-state index contributed by atoms with van der Waals surface area (Å²) >= 11 is 0. The number of fused-ring (bicyclic) bond motifs is 3. The Morgan fingerprint density at radius 2 is 1.60 bits per heavy atom. The number of pyridine rings is 1. The summed E-state index contributed by atoms with van der Waals surface area (Å²) in [6, 6.07) is 16.8. The van der Waals surface area contributed by atoms with Crippen molar-refractivity contribution in [3.05, 3.63) is 99.0 Å². The second-order valence-corrected chi connectivity index (χ2v) is 9.08. The summed E-state index contributed by atoms with van der Waals surface area (Å²) in [7, 11) is 1.55. The van der Waals surface area contributed by atoms with E-state index in [1.807, 2.05) is 36.2 Å². The lowest BCUT2D eigenvalue weighted by atomic mass is 9.93. The summed E-state index contributed by atoms with van der Waals surface area (Å²) < 4.78 is 6.87. The van der Waals surface area contributed by atoms with Gasteiger partial charge in [-0.15, -0.1) is 0 Å². The number of aliphatic hydroxyl groups excluding tert-OH is 1. The third kappa shape index (κ3) is 3.69. The minimum absolute atomic E-state index is 0.121. The van der Waals surface area contributed by atoms with E-state index in [0.717, 1.165) is 24.0 Å². The fraction of sp³-hybridized carbons (Fsp3) is 0.333. The van der Waals surface area contributed by atoms with Gasteiger partial charge < -0.3 is 19.8 Å².